The Kier molecular flexibility index (Phi) is 6.22. The quantitative estimate of drug-likeness (QED) is 0.409. The summed E-state index contributed by atoms with van der Waals surface area (Å²) in [6, 6.07) is 7.46. The fourth-order valence-corrected chi connectivity index (χ4v) is 3.37. The molecule has 11 heteroatoms. The third-order valence-corrected chi connectivity index (χ3v) is 4.70. The maximum absolute atomic E-state index is 13.1. The SMILES string of the molecule is Cl.N=c1scc(-c2ccc(Cl)cc2)n1-c1cc(C(F)(F)F)cc(C(F)(F)F)c1. The largest absolute Gasteiger partial charge is 0.416 e. The van der Waals surface area contributed by atoms with Crippen LogP contribution in [0.4, 0.5) is 26.3 Å². The van der Waals surface area contributed by atoms with Gasteiger partial charge in [-0.3, -0.25) is 9.98 Å². The fourth-order valence-electron chi connectivity index (χ4n) is 2.47. The predicted octanol–water partition coefficient (Wildman–Crippen LogP) is 6.80. The molecule has 0 bridgehead atoms. The molecule has 0 unspecified atom stereocenters. The van der Waals surface area contributed by atoms with Crippen LogP contribution in [-0.2, 0) is 12.4 Å². The molecule has 150 valence electrons. The lowest BCUT2D eigenvalue weighted by molar-refractivity contribution is -0.143. The summed E-state index contributed by atoms with van der Waals surface area (Å²) in [6.45, 7) is 0. The first-order chi connectivity index (χ1) is 12.5. The van der Waals surface area contributed by atoms with E-state index < -0.39 is 29.2 Å². The first-order valence-corrected chi connectivity index (χ1v) is 8.53. The number of hydrogen-bond donors (Lipinski definition) is 1. The minimum Gasteiger partial charge on any atom is -0.286 e. The van der Waals surface area contributed by atoms with Gasteiger partial charge in [-0.15, -0.1) is 23.7 Å². The molecule has 1 aromatic heterocycles. The molecule has 0 saturated carbocycles. The van der Waals surface area contributed by atoms with Crippen molar-refractivity contribution in [3.63, 3.8) is 0 Å². The van der Waals surface area contributed by atoms with E-state index in [1.807, 2.05) is 0 Å². The normalized spacial score (nSPS) is 12.0. The highest BCUT2D eigenvalue weighted by Crippen LogP contribution is 2.37. The number of rotatable bonds is 2. The average Bonchev–Trinajstić information content (AvgIpc) is 2.95. The van der Waals surface area contributed by atoms with E-state index in [1.54, 1.807) is 12.1 Å². The summed E-state index contributed by atoms with van der Waals surface area (Å²) in [7, 11) is 0. The van der Waals surface area contributed by atoms with Crippen molar-refractivity contribution in [2.24, 2.45) is 0 Å². The maximum Gasteiger partial charge on any atom is 0.416 e. The van der Waals surface area contributed by atoms with Gasteiger partial charge in [0.05, 0.1) is 16.8 Å². The highest BCUT2D eigenvalue weighted by Gasteiger charge is 2.37. The summed E-state index contributed by atoms with van der Waals surface area (Å²) in [5, 5.41) is 9.87. The molecule has 0 spiro atoms. The first-order valence-electron chi connectivity index (χ1n) is 7.28. The van der Waals surface area contributed by atoms with Crippen LogP contribution in [0.5, 0.6) is 0 Å². The van der Waals surface area contributed by atoms with Gasteiger partial charge in [0.1, 0.15) is 0 Å². The molecule has 2 aromatic carbocycles. The van der Waals surface area contributed by atoms with Gasteiger partial charge in [0, 0.05) is 16.1 Å². The summed E-state index contributed by atoms with van der Waals surface area (Å²) < 4.78 is 79.7. The molecule has 0 atom stereocenters. The smallest absolute Gasteiger partial charge is 0.286 e. The number of benzene rings is 2. The number of nitrogens with zero attached hydrogens (tertiary/aromatic N) is 1. The molecule has 28 heavy (non-hydrogen) atoms. The van der Waals surface area contributed by atoms with E-state index in [4.69, 9.17) is 17.0 Å². The van der Waals surface area contributed by atoms with Gasteiger partial charge in [0.15, 0.2) is 4.80 Å². The zero-order valence-corrected chi connectivity index (χ0v) is 15.9. The van der Waals surface area contributed by atoms with Crippen molar-refractivity contribution in [1.29, 1.82) is 5.41 Å². The minimum absolute atomic E-state index is 0. The lowest BCUT2D eigenvalue weighted by atomic mass is 10.1. The average molecular weight is 459 g/mol. The van der Waals surface area contributed by atoms with Gasteiger partial charge >= 0.3 is 12.4 Å². The van der Waals surface area contributed by atoms with E-state index in [9.17, 15) is 26.3 Å². The monoisotopic (exact) mass is 458 g/mol. The molecule has 0 aliphatic rings. The Morgan fingerprint density at radius 1 is 0.857 bits per heavy atom. The molecule has 3 aromatic rings. The Hall–Kier alpha value is -1.97. The van der Waals surface area contributed by atoms with Crippen molar-refractivity contribution in [2.45, 2.75) is 12.4 Å². The number of aromatic nitrogens is 1. The van der Waals surface area contributed by atoms with Gasteiger partial charge in [-0.25, -0.2) is 0 Å². The van der Waals surface area contributed by atoms with Gasteiger partial charge in [-0.05, 0) is 35.9 Å². The lowest BCUT2D eigenvalue weighted by Gasteiger charge is -2.16. The number of thiazole rings is 1. The zero-order chi connectivity index (χ0) is 20.0. The van der Waals surface area contributed by atoms with Crippen LogP contribution in [0.25, 0.3) is 16.9 Å². The Morgan fingerprint density at radius 3 is 1.82 bits per heavy atom. The molecular weight excluding hydrogens is 449 g/mol. The standard InChI is InChI=1S/C17H9ClF6N2S.ClH/c18-12-3-1-9(2-4-12)14-8-27-15(25)26(14)13-6-10(16(19,20)21)5-11(7-13)17(22,23)24;/h1-8,25H;1H. The Bertz CT molecular complexity index is 1000. The van der Waals surface area contributed by atoms with Gasteiger partial charge in [-0.2, -0.15) is 26.3 Å². The molecule has 0 aliphatic carbocycles. The molecule has 1 heterocycles. The number of halogens is 8. The van der Waals surface area contributed by atoms with Crippen LogP contribution in [0.2, 0.25) is 5.02 Å². The first kappa shape index (κ1) is 22.3. The van der Waals surface area contributed by atoms with E-state index in [0.29, 0.717) is 22.7 Å². The molecule has 0 saturated heterocycles. The zero-order valence-electron chi connectivity index (χ0n) is 13.5. The molecule has 3 rings (SSSR count). The number of alkyl halides is 6. The molecule has 1 N–H and O–H groups in total. The molecular formula is C17H10Cl2F6N2S. The Labute approximate surface area is 169 Å². The predicted molar refractivity (Wildman–Crippen MR) is 97.2 cm³/mol. The second kappa shape index (κ2) is 7.81. The van der Waals surface area contributed by atoms with Gasteiger partial charge in [-0.1, -0.05) is 23.7 Å². The van der Waals surface area contributed by atoms with Gasteiger partial charge in [0.2, 0.25) is 0 Å². The number of nitrogens with one attached hydrogen (secondary N) is 1. The van der Waals surface area contributed by atoms with Crippen LogP contribution in [-0.4, -0.2) is 4.57 Å². The molecule has 2 nitrogen and oxygen atoms in total. The highest BCUT2D eigenvalue weighted by molar-refractivity contribution is 7.07. The summed E-state index contributed by atoms with van der Waals surface area (Å²) in [5.74, 6) is 0. The minimum atomic E-state index is -4.96. The van der Waals surface area contributed by atoms with E-state index in [0.717, 1.165) is 15.9 Å². The number of hydrogen-bond acceptors (Lipinski definition) is 2. The molecule has 0 fully saturated rings. The second-order valence-electron chi connectivity index (χ2n) is 5.53. The molecule has 0 radical (unpaired) electrons. The lowest BCUT2D eigenvalue weighted by Crippen LogP contribution is -2.17. The summed E-state index contributed by atoms with van der Waals surface area (Å²) in [5.41, 5.74) is -2.48. The second-order valence-corrected chi connectivity index (χ2v) is 6.83. The Morgan fingerprint density at radius 2 is 1.36 bits per heavy atom. The van der Waals surface area contributed by atoms with Crippen LogP contribution >= 0.6 is 35.3 Å². The van der Waals surface area contributed by atoms with Crippen molar-refractivity contribution in [3.8, 4) is 16.9 Å². The van der Waals surface area contributed by atoms with Crippen molar-refractivity contribution in [2.75, 3.05) is 0 Å². The van der Waals surface area contributed by atoms with Crippen molar-refractivity contribution in [1.82, 2.24) is 4.57 Å². The highest BCUT2D eigenvalue weighted by atomic mass is 35.5. The van der Waals surface area contributed by atoms with Crippen molar-refractivity contribution >= 4 is 35.3 Å². The van der Waals surface area contributed by atoms with E-state index in [1.165, 1.54) is 17.5 Å². The van der Waals surface area contributed by atoms with E-state index >= 15 is 0 Å². The van der Waals surface area contributed by atoms with Crippen LogP contribution in [0.15, 0.2) is 47.8 Å². The van der Waals surface area contributed by atoms with Crippen LogP contribution in [0.1, 0.15) is 11.1 Å². The summed E-state index contributed by atoms with van der Waals surface area (Å²) in [4.78, 5) is -0.215. The van der Waals surface area contributed by atoms with Gasteiger partial charge in [0.25, 0.3) is 0 Å². The Balaban J connectivity index is 0.00000280. The third kappa shape index (κ3) is 4.53. The topological polar surface area (TPSA) is 28.8 Å². The fraction of sp³-hybridized carbons (Fsp3) is 0.118. The van der Waals surface area contributed by atoms with Crippen molar-refractivity contribution < 1.29 is 26.3 Å². The summed E-state index contributed by atoms with van der Waals surface area (Å²) in [6.07, 6.45) is -9.93. The third-order valence-electron chi connectivity index (χ3n) is 3.70. The van der Waals surface area contributed by atoms with Crippen molar-refractivity contribution in [3.05, 3.63) is 68.8 Å². The molecule has 0 aliphatic heterocycles. The van der Waals surface area contributed by atoms with Crippen LogP contribution < -0.4 is 4.80 Å². The summed E-state index contributed by atoms with van der Waals surface area (Å²) >= 11 is 6.70. The van der Waals surface area contributed by atoms with Gasteiger partial charge < -0.3 is 0 Å². The van der Waals surface area contributed by atoms with Crippen LogP contribution in [0.3, 0.4) is 0 Å². The molecule has 0 amide bonds. The van der Waals surface area contributed by atoms with E-state index in [2.05, 4.69) is 0 Å². The maximum atomic E-state index is 13.1. The van der Waals surface area contributed by atoms with E-state index in [-0.39, 0.29) is 29.0 Å². The van der Waals surface area contributed by atoms with Crippen LogP contribution in [0, 0.1) is 5.41 Å².